The summed E-state index contributed by atoms with van der Waals surface area (Å²) in [6.07, 6.45) is 6.03. The molecule has 2 rings (SSSR count). The summed E-state index contributed by atoms with van der Waals surface area (Å²) >= 11 is 0. The lowest BCUT2D eigenvalue weighted by Gasteiger charge is -2.28. The van der Waals surface area contributed by atoms with Gasteiger partial charge in [-0.05, 0) is 38.3 Å². The minimum Gasteiger partial charge on any atom is -0.370 e. The van der Waals surface area contributed by atoms with Crippen LogP contribution in [-0.4, -0.2) is 18.1 Å². The number of pyridine rings is 1. The molecule has 0 unspecified atom stereocenters. The second-order valence-electron chi connectivity index (χ2n) is 3.71. The Labute approximate surface area is 93.3 Å². The van der Waals surface area contributed by atoms with Gasteiger partial charge in [0.15, 0.2) is 0 Å². The average Bonchev–Trinajstić information content (AvgIpc) is 2.34. The number of anilines is 1. The van der Waals surface area contributed by atoms with Crippen molar-refractivity contribution >= 4 is 5.69 Å². The summed E-state index contributed by atoms with van der Waals surface area (Å²) in [6.45, 7) is 8.43. The molecule has 1 aliphatic heterocycles. The van der Waals surface area contributed by atoms with Crippen LogP contribution in [0.1, 0.15) is 38.8 Å². The van der Waals surface area contributed by atoms with Gasteiger partial charge in [0.25, 0.3) is 0 Å². The maximum Gasteiger partial charge on any atom is 0.0552 e. The van der Waals surface area contributed by atoms with Crippen LogP contribution in [0.5, 0.6) is 0 Å². The van der Waals surface area contributed by atoms with Crippen LogP contribution >= 0.6 is 0 Å². The third-order valence-electron chi connectivity index (χ3n) is 2.62. The molecule has 0 atom stereocenters. The fourth-order valence-electron chi connectivity index (χ4n) is 1.80. The van der Waals surface area contributed by atoms with E-state index in [1.807, 2.05) is 27.0 Å². The fourth-order valence-corrected chi connectivity index (χ4v) is 1.80. The van der Waals surface area contributed by atoms with Gasteiger partial charge in [-0.25, -0.2) is 0 Å². The SMILES string of the molecule is CC.Cc1ccc(N2CCCCC2)cn1. The number of hydrogen-bond acceptors (Lipinski definition) is 2. The van der Waals surface area contributed by atoms with Gasteiger partial charge in [0, 0.05) is 18.8 Å². The van der Waals surface area contributed by atoms with E-state index < -0.39 is 0 Å². The Bertz CT molecular complexity index is 260. The first-order chi connectivity index (χ1) is 7.36. The monoisotopic (exact) mass is 206 g/mol. The van der Waals surface area contributed by atoms with Crippen LogP contribution in [0, 0.1) is 6.92 Å². The molecule has 2 heteroatoms. The van der Waals surface area contributed by atoms with Crippen molar-refractivity contribution in [3.8, 4) is 0 Å². The molecule has 2 nitrogen and oxygen atoms in total. The van der Waals surface area contributed by atoms with Crippen molar-refractivity contribution in [2.75, 3.05) is 18.0 Å². The van der Waals surface area contributed by atoms with Gasteiger partial charge in [0.1, 0.15) is 0 Å². The topological polar surface area (TPSA) is 16.1 Å². The number of nitrogens with zero attached hydrogens (tertiary/aromatic N) is 2. The largest absolute Gasteiger partial charge is 0.370 e. The molecule has 1 fully saturated rings. The van der Waals surface area contributed by atoms with Crippen molar-refractivity contribution in [1.29, 1.82) is 0 Å². The lowest BCUT2D eigenvalue weighted by Crippen LogP contribution is -2.29. The minimum absolute atomic E-state index is 1.10. The minimum atomic E-state index is 1.10. The third kappa shape index (κ3) is 3.54. The highest BCUT2D eigenvalue weighted by Crippen LogP contribution is 2.18. The highest BCUT2D eigenvalue weighted by atomic mass is 15.1. The zero-order valence-corrected chi connectivity index (χ0v) is 10.2. The molecule has 0 aromatic carbocycles. The second kappa shape index (κ2) is 6.44. The maximum absolute atomic E-state index is 4.31. The van der Waals surface area contributed by atoms with E-state index in [1.54, 1.807) is 0 Å². The summed E-state index contributed by atoms with van der Waals surface area (Å²) in [4.78, 5) is 6.74. The van der Waals surface area contributed by atoms with Crippen LogP contribution in [0.4, 0.5) is 5.69 Å². The van der Waals surface area contributed by atoms with Crippen molar-refractivity contribution in [2.24, 2.45) is 0 Å². The van der Waals surface area contributed by atoms with Gasteiger partial charge in [-0.15, -0.1) is 0 Å². The van der Waals surface area contributed by atoms with Crippen LogP contribution in [0.3, 0.4) is 0 Å². The highest BCUT2D eigenvalue weighted by Gasteiger charge is 2.10. The van der Waals surface area contributed by atoms with Gasteiger partial charge >= 0.3 is 0 Å². The second-order valence-corrected chi connectivity index (χ2v) is 3.71. The molecule has 0 N–H and O–H groups in total. The maximum atomic E-state index is 4.31. The molecule has 1 aromatic rings. The molecule has 15 heavy (non-hydrogen) atoms. The van der Waals surface area contributed by atoms with Crippen LogP contribution in [0.15, 0.2) is 18.3 Å². The van der Waals surface area contributed by atoms with Crippen LogP contribution in [0.25, 0.3) is 0 Å². The number of aryl methyl sites for hydroxylation is 1. The van der Waals surface area contributed by atoms with Gasteiger partial charge in [-0.1, -0.05) is 13.8 Å². The van der Waals surface area contributed by atoms with Gasteiger partial charge < -0.3 is 4.90 Å². The summed E-state index contributed by atoms with van der Waals surface area (Å²) in [5.41, 5.74) is 2.38. The first kappa shape index (κ1) is 12.0. The van der Waals surface area contributed by atoms with E-state index in [0.29, 0.717) is 0 Å². The zero-order valence-electron chi connectivity index (χ0n) is 10.2. The summed E-state index contributed by atoms with van der Waals surface area (Å²) in [6, 6.07) is 4.26. The number of piperidine rings is 1. The van der Waals surface area contributed by atoms with E-state index in [-0.39, 0.29) is 0 Å². The molecule has 0 saturated carbocycles. The van der Waals surface area contributed by atoms with Crippen molar-refractivity contribution < 1.29 is 0 Å². The van der Waals surface area contributed by atoms with E-state index in [0.717, 1.165) is 5.69 Å². The summed E-state index contributed by atoms with van der Waals surface area (Å²) in [7, 11) is 0. The summed E-state index contributed by atoms with van der Waals surface area (Å²) < 4.78 is 0. The summed E-state index contributed by atoms with van der Waals surface area (Å²) in [5, 5.41) is 0. The normalized spacial score (nSPS) is 15.5. The van der Waals surface area contributed by atoms with Crippen molar-refractivity contribution in [2.45, 2.75) is 40.0 Å². The van der Waals surface area contributed by atoms with Crippen molar-refractivity contribution in [3.05, 3.63) is 24.0 Å². The molecule has 0 bridgehead atoms. The molecule has 2 heterocycles. The smallest absolute Gasteiger partial charge is 0.0552 e. The van der Waals surface area contributed by atoms with E-state index in [9.17, 15) is 0 Å². The first-order valence-corrected chi connectivity index (χ1v) is 6.04. The van der Waals surface area contributed by atoms with Crippen molar-refractivity contribution in [1.82, 2.24) is 4.98 Å². The van der Waals surface area contributed by atoms with Crippen LogP contribution in [-0.2, 0) is 0 Å². The third-order valence-corrected chi connectivity index (χ3v) is 2.62. The number of rotatable bonds is 1. The van der Waals surface area contributed by atoms with E-state index >= 15 is 0 Å². The fraction of sp³-hybridized carbons (Fsp3) is 0.615. The predicted octanol–water partition coefficient (Wildman–Crippen LogP) is 3.41. The average molecular weight is 206 g/mol. The molecule has 0 aliphatic carbocycles. The number of hydrogen-bond donors (Lipinski definition) is 0. The predicted molar refractivity (Wildman–Crippen MR) is 66.4 cm³/mol. The Morgan fingerprint density at radius 1 is 1.07 bits per heavy atom. The number of aromatic nitrogens is 1. The van der Waals surface area contributed by atoms with E-state index in [2.05, 4.69) is 22.0 Å². The molecule has 0 amide bonds. The Morgan fingerprint density at radius 2 is 1.73 bits per heavy atom. The molecule has 1 aliphatic rings. The molecule has 84 valence electrons. The Morgan fingerprint density at radius 3 is 2.27 bits per heavy atom. The van der Waals surface area contributed by atoms with Gasteiger partial charge in [0.2, 0.25) is 0 Å². The summed E-state index contributed by atoms with van der Waals surface area (Å²) in [5.74, 6) is 0. The molecule has 0 radical (unpaired) electrons. The Kier molecular flexibility index (Phi) is 5.16. The van der Waals surface area contributed by atoms with Crippen LogP contribution in [0.2, 0.25) is 0 Å². The standard InChI is InChI=1S/C11H16N2.C2H6/c1-10-5-6-11(9-12-10)13-7-3-2-4-8-13;1-2/h5-6,9H,2-4,7-8H2,1H3;1-2H3. The Balaban J connectivity index is 0.000000531. The van der Waals surface area contributed by atoms with Gasteiger partial charge in [-0.2, -0.15) is 0 Å². The zero-order chi connectivity index (χ0) is 11.1. The molecular formula is C13H22N2. The molecule has 0 spiro atoms. The van der Waals surface area contributed by atoms with Gasteiger partial charge in [0.05, 0.1) is 11.9 Å². The van der Waals surface area contributed by atoms with E-state index in [4.69, 9.17) is 0 Å². The first-order valence-electron chi connectivity index (χ1n) is 6.04. The van der Waals surface area contributed by atoms with Crippen molar-refractivity contribution in [3.63, 3.8) is 0 Å². The quantitative estimate of drug-likeness (QED) is 0.700. The molecule has 1 aromatic heterocycles. The highest BCUT2D eigenvalue weighted by molar-refractivity contribution is 5.44. The molecule has 1 saturated heterocycles. The Hall–Kier alpha value is -1.05. The van der Waals surface area contributed by atoms with Crippen LogP contribution < -0.4 is 4.90 Å². The lowest BCUT2D eigenvalue weighted by atomic mass is 10.1. The van der Waals surface area contributed by atoms with E-state index in [1.165, 1.54) is 38.0 Å². The van der Waals surface area contributed by atoms with Gasteiger partial charge in [-0.3, -0.25) is 4.98 Å². The lowest BCUT2D eigenvalue weighted by molar-refractivity contribution is 0.577. The molecular weight excluding hydrogens is 184 g/mol.